The Balaban J connectivity index is 2.21. The Bertz CT molecular complexity index is 219. The van der Waals surface area contributed by atoms with Crippen LogP contribution in [0.25, 0.3) is 0 Å². The van der Waals surface area contributed by atoms with Gasteiger partial charge >= 0.3 is 6.03 Å². The number of piperidine rings is 1. The quantitative estimate of drug-likeness (QED) is 0.700. The molecule has 0 saturated carbocycles. The summed E-state index contributed by atoms with van der Waals surface area (Å²) in [5.41, 5.74) is 0. The molecule has 1 heterocycles. The minimum atomic E-state index is 0.0729. The fraction of sp³-hybridized carbons (Fsp3) is 0.923. The van der Waals surface area contributed by atoms with Crippen LogP contribution in [0.15, 0.2) is 0 Å². The average Bonchev–Trinajstić information content (AvgIpc) is 2.35. The summed E-state index contributed by atoms with van der Waals surface area (Å²) in [6.45, 7) is 4.85. The molecule has 100 valence electrons. The average molecular weight is 242 g/mol. The summed E-state index contributed by atoms with van der Waals surface area (Å²) in [6.07, 6.45) is 6.44. The molecule has 0 unspecified atom stereocenters. The van der Waals surface area contributed by atoms with Crippen LogP contribution in [0.5, 0.6) is 0 Å². The zero-order valence-corrected chi connectivity index (χ0v) is 11.0. The third-order valence-corrected chi connectivity index (χ3v) is 3.40. The molecule has 0 aromatic carbocycles. The van der Waals surface area contributed by atoms with Crippen LogP contribution in [0.1, 0.15) is 45.4 Å². The molecule has 0 radical (unpaired) electrons. The number of aliphatic hydroxyl groups is 1. The Kier molecular flexibility index (Phi) is 7.01. The zero-order chi connectivity index (χ0) is 12.5. The van der Waals surface area contributed by atoms with Crippen LogP contribution in [-0.2, 0) is 0 Å². The second-order valence-corrected chi connectivity index (χ2v) is 4.91. The maximum atomic E-state index is 11.9. The molecular formula is C13H26N2O2. The molecule has 0 bridgehead atoms. The summed E-state index contributed by atoms with van der Waals surface area (Å²) >= 11 is 0. The van der Waals surface area contributed by atoms with Crippen molar-refractivity contribution in [1.82, 2.24) is 10.2 Å². The number of unbranched alkanes of at least 4 members (excludes halogenated alkanes) is 2. The lowest BCUT2D eigenvalue weighted by Gasteiger charge is -2.32. The predicted octanol–water partition coefficient (Wildman–Crippen LogP) is 1.98. The van der Waals surface area contributed by atoms with Gasteiger partial charge in [0.15, 0.2) is 0 Å². The van der Waals surface area contributed by atoms with E-state index in [1.165, 1.54) is 12.8 Å². The Labute approximate surface area is 104 Å². The van der Waals surface area contributed by atoms with Gasteiger partial charge in [0.05, 0.1) is 0 Å². The topological polar surface area (TPSA) is 52.6 Å². The van der Waals surface area contributed by atoms with Crippen molar-refractivity contribution in [3.8, 4) is 0 Å². The molecule has 0 aliphatic carbocycles. The lowest BCUT2D eigenvalue weighted by molar-refractivity contribution is 0.150. The summed E-state index contributed by atoms with van der Waals surface area (Å²) in [4.78, 5) is 13.8. The lowest BCUT2D eigenvalue weighted by atomic mass is 9.95. The second kappa shape index (κ2) is 8.34. The molecule has 0 aromatic rings. The van der Waals surface area contributed by atoms with Crippen molar-refractivity contribution in [3.05, 3.63) is 0 Å². The predicted molar refractivity (Wildman–Crippen MR) is 68.9 cm³/mol. The number of likely N-dealkylation sites (tertiary alicyclic amines) is 1. The Morgan fingerprint density at radius 1 is 1.47 bits per heavy atom. The number of carbonyl (C=O) groups excluding carboxylic acids is 1. The van der Waals surface area contributed by atoms with Gasteiger partial charge in [-0.25, -0.2) is 4.79 Å². The maximum absolute atomic E-state index is 11.9. The summed E-state index contributed by atoms with van der Waals surface area (Å²) in [5.74, 6) is 0.482. The van der Waals surface area contributed by atoms with E-state index in [-0.39, 0.29) is 12.6 Å². The van der Waals surface area contributed by atoms with Crippen LogP contribution in [0, 0.1) is 5.92 Å². The molecule has 2 amide bonds. The van der Waals surface area contributed by atoms with Gasteiger partial charge in [0.2, 0.25) is 0 Å². The summed E-state index contributed by atoms with van der Waals surface area (Å²) in [5, 5.41) is 11.9. The first-order chi connectivity index (χ1) is 8.27. The molecule has 0 spiro atoms. The molecule has 0 aromatic heterocycles. The van der Waals surface area contributed by atoms with Gasteiger partial charge < -0.3 is 15.3 Å². The fourth-order valence-electron chi connectivity index (χ4n) is 2.35. The molecule has 1 saturated heterocycles. The third-order valence-electron chi connectivity index (χ3n) is 3.40. The molecule has 17 heavy (non-hydrogen) atoms. The van der Waals surface area contributed by atoms with Crippen molar-refractivity contribution in [2.45, 2.75) is 45.4 Å². The Morgan fingerprint density at radius 2 is 2.29 bits per heavy atom. The Hall–Kier alpha value is -0.770. The summed E-state index contributed by atoms with van der Waals surface area (Å²) < 4.78 is 0. The molecule has 1 rings (SSSR count). The fourth-order valence-corrected chi connectivity index (χ4v) is 2.35. The second-order valence-electron chi connectivity index (χ2n) is 4.91. The molecule has 2 N–H and O–H groups in total. The first kappa shape index (κ1) is 14.3. The van der Waals surface area contributed by atoms with Gasteiger partial charge in [-0.2, -0.15) is 0 Å². The van der Waals surface area contributed by atoms with Gasteiger partial charge in [-0.15, -0.1) is 0 Å². The highest BCUT2D eigenvalue weighted by molar-refractivity contribution is 5.74. The number of carbonyl (C=O) groups is 1. The number of rotatable bonds is 6. The smallest absolute Gasteiger partial charge is 0.317 e. The molecule has 4 nitrogen and oxygen atoms in total. The van der Waals surface area contributed by atoms with Gasteiger partial charge in [-0.05, 0) is 31.6 Å². The minimum absolute atomic E-state index is 0.0729. The van der Waals surface area contributed by atoms with Crippen molar-refractivity contribution < 1.29 is 9.90 Å². The SMILES string of the molecule is CCCCCNC(=O)N1CCC[C@H](CCO)C1. The third kappa shape index (κ3) is 5.39. The van der Waals surface area contributed by atoms with E-state index in [2.05, 4.69) is 12.2 Å². The summed E-state index contributed by atoms with van der Waals surface area (Å²) in [7, 11) is 0. The molecular weight excluding hydrogens is 216 g/mol. The van der Waals surface area contributed by atoms with E-state index in [4.69, 9.17) is 5.11 Å². The number of urea groups is 1. The number of aliphatic hydroxyl groups excluding tert-OH is 1. The summed E-state index contributed by atoms with van der Waals surface area (Å²) in [6, 6.07) is 0.0729. The van der Waals surface area contributed by atoms with E-state index in [0.29, 0.717) is 5.92 Å². The van der Waals surface area contributed by atoms with Crippen molar-refractivity contribution in [2.75, 3.05) is 26.2 Å². The molecule has 1 fully saturated rings. The zero-order valence-electron chi connectivity index (χ0n) is 11.0. The van der Waals surface area contributed by atoms with Crippen LogP contribution in [0.4, 0.5) is 4.79 Å². The van der Waals surface area contributed by atoms with Gasteiger partial charge in [0.1, 0.15) is 0 Å². The van der Waals surface area contributed by atoms with E-state index in [1.807, 2.05) is 4.90 Å². The standard InChI is InChI=1S/C13H26N2O2/c1-2-3-4-8-14-13(17)15-9-5-6-12(11-15)7-10-16/h12,16H,2-11H2,1H3,(H,14,17)/t12-/m1/s1. The van der Waals surface area contributed by atoms with E-state index in [0.717, 1.165) is 45.3 Å². The normalized spacial score (nSPS) is 20.4. The van der Waals surface area contributed by atoms with Crippen LogP contribution in [0.3, 0.4) is 0 Å². The highest BCUT2D eigenvalue weighted by Gasteiger charge is 2.22. The maximum Gasteiger partial charge on any atom is 0.317 e. The number of nitrogens with one attached hydrogen (secondary N) is 1. The largest absolute Gasteiger partial charge is 0.396 e. The van der Waals surface area contributed by atoms with E-state index in [1.54, 1.807) is 0 Å². The van der Waals surface area contributed by atoms with Gasteiger partial charge in [-0.1, -0.05) is 19.8 Å². The number of nitrogens with zero attached hydrogens (tertiary/aromatic N) is 1. The van der Waals surface area contributed by atoms with E-state index < -0.39 is 0 Å². The number of hydrogen-bond acceptors (Lipinski definition) is 2. The van der Waals surface area contributed by atoms with Gasteiger partial charge in [-0.3, -0.25) is 0 Å². The highest BCUT2D eigenvalue weighted by atomic mass is 16.3. The number of hydrogen-bond donors (Lipinski definition) is 2. The van der Waals surface area contributed by atoms with Crippen molar-refractivity contribution in [1.29, 1.82) is 0 Å². The van der Waals surface area contributed by atoms with E-state index in [9.17, 15) is 4.79 Å². The number of amides is 2. The van der Waals surface area contributed by atoms with Crippen LogP contribution in [0.2, 0.25) is 0 Å². The molecule has 4 heteroatoms. The first-order valence-electron chi connectivity index (χ1n) is 6.91. The molecule has 1 aliphatic rings. The van der Waals surface area contributed by atoms with Crippen LogP contribution < -0.4 is 5.32 Å². The van der Waals surface area contributed by atoms with Crippen molar-refractivity contribution >= 4 is 6.03 Å². The monoisotopic (exact) mass is 242 g/mol. The van der Waals surface area contributed by atoms with Crippen molar-refractivity contribution in [2.24, 2.45) is 5.92 Å². The minimum Gasteiger partial charge on any atom is -0.396 e. The molecule has 1 aliphatic heterocycles. The van der Waals surface area contributed by atoms with Crippen LogP contribution in [-0.4, -0.2) is 42.3 Å². The van der Waals surface area contributed by atoms with E-state index >= 15 is 0 Å². The lowest BCUT2D eigenvalue weighted by Crippen LogP contribution is -2.45. The van der Waals surface area contributed by atoms with Gasteiger partial charge in [0.25, 0.3) is 0 Å². The Morgan fingerprint density at radius 3 is 3.00 bits per heavy atom. The molecule has 1 atom stereocenters. The van der Waals surface area contributed by atoms with Crippen molar-refractivity contribution in [3.63, 3.8) is 0 Å². The van der Waals surface area contributed by atoms with Gasteiger partial charge in [0, 0.05) is 26.2 Å². The van der Waals surface area contributed by atoms with Crippen LogP contribution >= 0.6 is 0 Å². The highest BCUT2D eigenvalue weighted by Crippen LogP contribution is 2.19. The first-order valence-corrected chi connectivity index (χ1v) is 6.91.